The zero-order valence-electron chi connectivity index (χ0n) is 13.4. The van der Waals surface area contributed by atoms with Crippen molar-refractivity contribution >= 4 is 15.9 Å². The molecule has 3 rings (SSSR count). The largest absolute Gasteiger partial charge is 0.360 e. The summed E-state index contributed by atoms with van der Waals surface area (Å²) in [6.45, 7) is 2.93. The van der Waals surface area contributed by atoms with Crippen LogP contribution < -0.4 is 4.72 Å². The van der Waals surface area contributed by atoms with E-state index in [0.717, 1.165) is 0 Å². The van der Waals surface area contributed by atoms with Gasteiger partial charge in [0.25, 0.3) is 0 Å². The van der Waals surface area contributed by atoms with Gasteiger partial charge in [-0.05, 0) is 20.3 Å². The molecule has 1 fully saturated rings. The molecule has 0 spiro atoms. The summed E-state index contributed by atoms with van der Waals surface area (Å²) in [7, 11) is -2.13. The van der Waals surface area contributed by atoms with Gasteiger partial charge in [0.2, 0.25) is 21.8 Å². The van der Waals surface area contributed by atoms with Gasteiger partial charge in [0.1, 0.15) is 16.6 Å². The third kappa shape index (κ3) is 2.91. The Balaban J connectivity index is 1.71. The number of hydrogen-bond donors (Lipinski definition) is 1. The summed E-state index contributed by atoms with van der Waals surface area (Å²) in [4.78, 5) is 17.3. The lowest BCUT2D eigenvalue weighted by Gasteiger charge is -2.14. The number of amides is 1. The van der Waals surface area contributed by atoms with Gasteiger partial charge in [-0.3, -0.25) is 4.79 Å². The molecule has 2 aromatic heterocycles. The maximum Gasteiger partial charge on any atom is 0.249 e. The summed E-state index contributed by atoms with van der Waals surface area (Å²) in [6, 6.07) is -0.266. The van der Waals surface area contributed by atoms with E-state index in [1.807, 2.05) is 0 Å². The number of nitrogens with one attached hydrogen (secondary N) is 1. The number of nitrogens with zero attached hydrogens (tertiary/aromatic N) is 4. The van der Waals surface area contributed by atoms with Gasteiger partial charge in [0.05, 0.1) is 6.54 Å². The number of sulfonamides is 1. The van der Waals surface area contributed by atoms with Crippen molar-refractivity contribution in [2.45, 2.75) is 44.2 Å². The SMILES string of the molecule is Cc1noc(C)c1S(=O)(=O)NCc1noc([C@@H]2CCC(=O)N2C)n1. The number of aromatic nitrogens is 3. The van der Waals surface area contributed by atoms with E-state index in [2.05, 4.69) is 20.0 Å². The molecule has 0 bridgehead atoms. The lowest BCUT2D eigenvalue weighted by molar-refractivity contribution is -0.127. The van der Waals surface area contributed by atoms with Crippen LogP contribution in [0.3, 0.4) is 0 Å². The number of carbonyl (C=O) groups excluding carboxylic acids is 1. The van der Waals surface area contributed by atoms with Crippen molar-refractivity contribution in [1.82, 2.24) is 24.9 Å². The highest BCUT2D eigenvalue weighted by Crippen LogP contribution is 2.30. The molecule has 1 aliphatic heterocycles. The van der Waals surface area contributed by atoms with E-state index < -0.39 is 10.0 Å². The van der Waals surface area contributed by atoms with Crippen molar-refractivity contribution in [3.8, 4) is 0 Å². The van der Waals surface area contributed by atoms with Gasteiger partial charge in [-0.15, -0.1) is 0 Å². The van der Waals surface area contributed by atoms with Gasteiger partial charge in [-0.2, -0.15) is 4.98 Å². The third-order valence-electron chi connectivity index (χ3n) is 3.92. The van der Waals surface area contributed by atoms with E-state index in [1.165, 1.54) is 6.92 Å². The minimum atomic E-state index is -3.80. The molecule has 1 saturated heterocycles. The van der Waals surface area contributed by atoms with E-state index in [1.54, 1.807) is 18.9 Å². The van der Waals surface area contributed by atoms with Crippen molar-refractivity contribution in [3.63, 3.8) is 0 Å². The Hall–Kier alpha value is -2.27. The first kappa shape index (κ1) is 16.6. The highest BCUT2D eigenvalue weighted by atomic mass is 32.2. The second-order valence-corrected chi connectivity index (χ2v) is 7.29. The Morgan fingerprint density at radius 1 is 1.29 bits per heavy atom. The molecule has 0 aromatic carbocycles. The monoisotopic (exact) mass is 355 g/mol. The third-order valence-corrected chi connectivity index (χ3v) is 5.56. The van der Waals surface area contributed by atoms with E-state index in [0.29, 0.717) is 18.7 Å². The second-order valence-electron chi connectivity index (χ2n) is 5.59. The first-order valence-corrected chi connectivity index (χ1v) is 8.78. The van der Waals surface area contributed by atoms with Crippen LogP contribution in [0.4, 0.5) is 0 Å². The predicted molar refractivity (Wildman–Crippen MR) is 79.0 cm³/mol. The maximum absolute atomic E-state index is 12.3. The van der Waals surface area contributed by atoms with Crippen LogP contribution in [0.15, 0.2) is 13.9 Å². The quantitative estimate of drug-likeness (QED) is 0.817. The van der Waals surface area contributed by atoms with Gasteiger partial charge < -0.3 is 13.9 Å². The summed E-state index contributed by atoms with van der Waals surface area (Å²) in [5, 5.41) is 7.39. The average Bonchev–Trinajstić information content (AvgIpc) is 3.19. The first-order chi connectivity index (χ1) is 11.3. The van der Waals surface area contributed by atoms with Crippen LogP contribution in [0.2, 0.25) is 0 Å². The van der Waals surface area contributed by atoms with Gasteiger partial charge in [-0.25, -0.2) is 13.1 Å². The molecule has 1 atom stereocenters. The molecule has 1 aliphatic rings. The summed E-state index contributed by atoms with van der Waals surface area (Å²) < 4.78 is 37.0. The topological polar surface area (TPSA) is 131 Å². The minimum Gasteiger partial charge on any atom is -0.360 e. The van der Waals surface area contributed by atoms with E-state index in [-0.39, 0.29) is 40.7 Å². The lowest BCUT2D eigenvalue weighted by Crippen LogP contribution is -2.25. The second kappa shape index (κ2) is 5.98. The van der Waals surface area contributed by atoms with Gasteiger partial charge >= 0.3 is 0 Å². The predicted octanol–water partition coefficient (Wildman–Crippen LogP) is 0.446. The fourth-order valence-corrected chi connectivity index (χ4v) is 3.96. The molecule has 3 heterocycles. The van der Waals surface area contributed by atoms with Crippen LogP contribution >= 0.6 is 0 Å². The number of likely N-dealkylation sites (tertiary alicyclic amines) is 1. The molecule has 10 nitrogen and oxygen atoms in total. The molecule has 0 radical (unpaired) electrons. The zero-order valence-corrected chi connectivity index (χ0v) is 14.3. The van der Waals surface area contributed by atoms with Crippen LogP contribution in [0.25, 0.3) is 0 Å². The van der Waals surface area contributed by atoms with Crippen molar-refractivity contribution < 1.29 is 22.3 Å². The number of aryl methyl sites for hydroxylation is 2. The molecular weight excluding hydrogens is 338 g/mol. The zero-order chi connectivity index (χ0) is 17.5. The maximum atomic E-state index is 12.3. The van der Waals surface area contributed by atoms with Gasteiger partial charge in [-0.1, -0.05) is 10.3 Å². The Labute approximate surface area is 138 Å². The molecule has 2 aromatic rings. The lowest BCUT2D eigenvalue weighted by atomic mass is 10.2. The highest BCUT2D eigenvalue weighted by Gasteiger charge is 2.33. The molecule has 11 heteroatoms. The summed E-state index contributed by atoms with van der Waals surface area (Å²) in [5.74, 6) is 0.710. The van der Waals surface area contributed by atoms with E-state index in [9.17, 15) is 13.2 Å². The van der Waals surface area contributed by atoms with Crippen molar-refractivity contribution in [1.29, 1.82) is 0 Å². The highest BCUT2D eigenvalue weighted by molar-refractivity contribution is 7.89. The smallest absolute Gasteiger partial charge is 0.249 e. The number of rotatable bonds is 5. The summed E-state index contributed by atoms with van der Waals surface area (Å²) >= 11 is 0. The molecule has 1 N–H and O–H groups in total. The number of carbonyl (C=O) groups is 1. The molecular formula is C13H17N5O5S. The first-order valence-electron chi connectivity index (χ1n) is 7.30. The van der Waals surface area contributed by atoms with Gasteiger partial charge in [0.15, 0.2) is 11.6 Å². The van der Waals surface area contributed by atoms with Crippen LogP contribution in [0.5, 0.6) is 0 Å². The molecule has 0 saturated carbocycles. The minimum absolute atomic E-state index is 0.00680. The van der Waals surface area contributed by atoms with Crippen LogP contribution in [-0.4, -0.2) is 41.6 Å². The van der Waals surface area contributed by atoms with Crippen molar-refractivity contribution in [2.75, 3.05) is 7.05 Å². The van der Waals surface area contributed by atoms with Crippen molar-refractivity contribution in [3.05, 3.63) is 23.2 Å². The van der Waals surface area contributed by atoms with Crippen LogP contribution in [-0.2, 0) is 21.4 Å². The summed E-state index contributed by atoms with van der Waals surface area (Å²) in [6.07, 6.45) is 1.03. The standard InChI is InChI=1S/C13H17N5O5S/c1-7-12(8(2)22-16-7)24(20,21)14-6-10-15-13(23-17-10)9-4-5-11(19)18(9)3/h9,14H,4-6H2,1-3H3/t9-/m0/s1. The van der Waals surface area contributed by atoms with Crippen LogP contribution in [0.1, 0.15) is 42.1 Å². The van der Waals surface area contributed by atoms with E-state index >= 15 is 0 Å². The average molecular weight is 355 g/mol. The van der Waals surface area contributed by atoms with E-state index in [4.69, 9.17) is 9.05 Å². The van der Waals surface area contributed by atoms with Gasteiger partial charge in [0, 0.05) is 13.5 Å². The number of hydrogen-bond acceptors (Lipinski definition) is 8. The molecule has 1 amide bonds. The Morgan fingerprint density at radius 3 is 2.62 bits per heavy atom. The molecule has 0 unspecified atom stereocenters. The fourth-order valence-electron chi connectivity index (χ4n) is 2.66. The normalized spacial score (nSPS) is 18.5. The fraction of sp³-hybridized carbons (Fsp3) is 0.538. The Morgan fingerprint density at radius 2 is 2.04 bits per heavy atom. The molecule has 0 aliphatic carbocycles. The molecule has 130 valence electrons. The van der Waals surface area contributed by atoms with Crippen molar-refractivity contribution in [2.24, 2.45) is 0 Å². The Bertz CT molecular complexity index is 852. The Kier molecular flexibility index (Phi) is 4.13. The van der Waals surface area contributed by atoms with Crippen LogP contribution in [0, 0.1) is 13.8 Å². The summed E-state index contributed by atoms with van der Waals surface area (Å²) in [5.41, 5.74) is 0.278. The molecule has 24 heavy (non-hydrogen) atoms.